The van der Waals surface area contributed by atoms with E-state index < -0.39 is 0 Å². The largest absolute Gasteiger partial charge is 0.383 e. The minimum absolute atomic E-state index is 0.141. The molecule has 8 heteroatoms. The van der Waals surface area contributed by atoms with E-state index in [1.165, 1.54) is 19.2 Å². The fourth-order valence-corrected chi connectivity index (χ4v) is 4.13. The van der Waals surface area contributed by atoms with E-state index in [1.807, 2.05) is 19.2 Å². The molecule has 2 aromatic heterocycles. The van der Waals surface area contributed by atoms with Gasteiger partial charge in [-0.05, 0) is 31.9 Å². The minimum Gasteiger partial charge on any atom is -0.383 e. The summed E-state index contributed by atoms with van der Waals surface area (Å²) in [6.07, 6.45) is 7.80. The molecule has 164 valence electrons. The highest BCUT2D eigenvalue weighted by molar-refractivity contribution is 6.18. The third-order valence-electron chi connectivity index (χ3n) is 5.63. The van der Waals surface area contributed by atoms with Crippen molar-refractivity contribution < 1.29 is 9.59 Å². The molecule has 0 spiro atoms. The number of nitrogens with zero attached hydrogens (tertiary/aromatic N) is 3. The second-order valence-electron chi connectivity index (χ2n) is 7.77. The van der Waals surface area contributed by atoms with Crippen molar-refractivity contribution in [3.63, 3.8) is 0 Å². The fourth-order valence-electron chi connectivity index (χ4n) is 4.13. The number of anilines is 1. The van der Waals surface area contributed by atoms with Crippen LogP contribution in [0.5, 0.6) is 0 Å². The van der Waals surface area contributed by atoms with Gasteiger partial charge >= 0.3 is 6.03 Å². The first kappa shape index (κ1) is 21.4. The SMILES string of the molecule is CCNC(=O)NCC#Cc1cccc(C(=O)c2cn(C3CCCC3)c3ncnc(N)c23)c1. The number of ketones is 1. The lowest BCUT2D eigenvalue weighted by Crippen LogP contribution is -2.35. The standard InChI is InChI=1S/C24H26N6O2/c1-2-26-24(32)27-12-6-8-16-7-5-9-17(13-16)21(31)19-14-30(18-10-3-4-11-18)23-20(19)22(25)28-15-29-23/h5,7,9,13-15,18H,2-4,10-12H2,1H3,(H2,25,28,29)(H2,26,27,32). The van der Waals surface area contributed by atoms with Crippen LogP contribution in [0.1, 0.15) is 60.1 Å². The molecule has 1 aromatic carbocycles. The second kappa shape index (κ2) is 9.52. The molecule has 32 heavy (non-hydrogen) atoms. The maximum Gasteiger partial charge on any atom is 0.315 e. The van der Waals surface area contributed by atoms with Gasteiger partial charge in [0.2, 0.25) is 0 Å². The summed E-state index contributed by atoms with van der Waals surface area (Å²) in [5.74, 6) is 6.05. The number of urea groups is 1. The first-order chi connectivity index (χ1) is 15.6. The van der Waals surface area contributed by atoms with Gasteiger partial charge < -0.3 is 20.9 Å². The molecule has 0 radical (unpaired) electrons. The Morgan fingerprint density at radius 1 is 1.22 bits per heavy atom. The van der Waals surface area contributed by atoms with Gasteiger partial charge in [-0.2, -0.15) is 0 Å². The predicted octanol–water partition coefficient (Wildman–Crippen LogP) is 3.03. The number of amides is 2. The maximum atomic E-state index is 13.4. The number of hydrogen-bond donors (Lipinski definition) is 3. The number of nitrogens with two attached hydrogens (primary N) is 1. The van der Waals surface area contributed by atoms with E-state index in [0.29, 0.717) is 46.1 Å². The number of carbonyl (C=O) groups excluding carboxylic acids is 2. The third-order valence-corrected chi connectivity index (χ3v) is 5.63. The van der Waals surface area contributed by atoms with Crippen molar-refractivity contribution >= 4 is 28.7 Å². The van der Waals surface area contributed by atoms with Crippen LogP contribution in [0.3, 0.4) is 0 Å². The van der Waals surface area contributed by atoms with Gasteiger partial charge in [0.15, 0.2) is 5.78 Å². The van der Waals surface area contributed by atoms with E-state index in [0.717, 1.165) is 12.8 Å². The molecule has 0 unspecified atom stereocenters. The highest BCUT2D eigenvalue weighted by Gasteiger charge is 2.25. The summed E-state index contributed by atoms with van der Waals surface area (Å²) in [6.45, 7) is 2.61. The maximum absolute atomic E-state index is 13.4. The molecule has 1 aliphatic carbocycles. The van der Waals surface area contributed by atoms with Crippen LogP contribution in [0.2, 0.25) is 0 Å². The molecule has 3 aromatic rings. The van der Waals surface area contributed by atoms with Crippen LogP contribution in [0, 0.1) is 11.8 Å². The Kier molecular flexibility index (Phi) is 6.36. The number of fused-ring (bicyclic) bond motifs is 1. The molecule has 0 atom stereocenters. The topological polar surface area (TPSA) is 115 Å². The zero-order chi connectivity index (χ0) is 22.5. The minimum atomic E-state index is -0.260. The molecular formula is C24H26N6O2. The van der Waals surface area contributed by atoms with Gasteiger partial charge in [-0.1, -0.05) is 36.8 Å². The Hall–Kier alpha value is -3.86. The van der Waals surface area contributed by atoms with Crippen molar-refractivity contribution in [2.45, 2.75) is 38.6 Å². The van der Waals surface area contributed by atoms with E-state index >= 15 is 0 Å². The molecule has 4 N–H and O–H groups in total. The molecule has 1 saturated carbocycles. The number of benzene rings is 1. The number of hydrogen-bond acceptors (Lipinski definition) is 5. The molecule has 2 amide bonds. The Morgan fingerprint density at radius 3 is 2.81 bits per heavy atom. The first-order valence-electron chi connectivity index (χ1n) is 10.8. The van der Waals surface area contributed by atoms with Gasteiger partial charge in [0.1, 0.15) is 17.8 Å². The quantitative estimate of drug-likeness (QED) is 0.425. The monoisotopic (exact) mass is 430 g/mol. The number of nitrogens with one attached hydrogen (secondary N) is 2. The summed E-state index contributed by atoms with van der Waals surface area (Å²) in [5.41, 5.74) is 8.59. The van der Waals surface area contributed by atoms with Crippen LogP contribution in [-0.2, 0) is 0 Å². The Bertz CT molecular complexity index is 1210. The lowest BCUT2D eigenvalue weighted by molar-refractivity contribution is 0.104. The van der Waals surface area contributed by atoms with Crippen LogP contribution in [0.15, 0.2) is 36.8 Å². The zero-order valence-electron chi connectivity index (χ0n) is 18.0. The summed E-state index contributed by atoms with van der Waals surface area (Å²) in [4.78, 5) is 33.4. The van der Waals surface area contributed by atoms with Crippen LogP contribution in [-0.4, -0.2) is 39.4 Å². The van der Waals surface area contributed by atoms with E-state index in [2.05, 4.69) is 37.0 Å². The van der Waals surface area contributed by atoms with Crippen LogP contribution in [0.4, 0.5) is 10.6 Å². The van der Waals surface area contributed by atoms with E-state index in [1.54, 1.807) is 18.2 Å². The number of aromatic nitrogens is 3. The fraction of sp³-hybridized carbons (Fsp3) is 0.333. The number of carbonyl (C=O) groups is 2. The van der Waals surface area contributed by atoms with Gasteiger partial charge in [0.05, 0.1) is 17.5 Å². The first-order valence-corrected chi connectivity index (χ1v) is 10.8. The molecule has 0 bridgehead atoms. The highest BCUT2D eigenvalue weighted by atomic mass is 16.2. The van der Waals surface area contributed by atoms with Crippen LogP contribution < -0.4 is 16.4 Å². The van der Waals surface area contributed by atoms with Crippen molar-refractivity contribution in [2.75, 3.05) is 18.8 Å². The number of rotatable bonds is 5. The lowest BCUT2D eigenvalue weighted by Gasteiger charge is -2.12. The predicted molar refractivity (Wildman–Crippen MR) is 123 cm³/mol. The molecule has 1 aliphatic rings. The Balaban J connectivity index is 1.61. The third kappa shape index (κ3) is 4.42. The van der Waals surface area contributed by atoms with Crippen molar-refractivity contribution in [1.82, 2.24) is 25.2 Å². The Labute approximate surface area is 186 Å². The van der Waals surface area contributed by atoms with Crippen molar-refractivity contribution in [2.24, 2.45) is 0 Å². The van der Waals surface area contributed by atoms with Gasteiger partial charge in [0, 0.05) is 29.9 Å². The normalized spacial score (nSPS) is 13.5. The van der Waals surface area contributed by atoms with Crippen molar-refractivity contribution in [1.29, 1.82) is 0 Å². The molecule has 8 nitrogen and oxygen atoms in total. The Morgan fingerprint density at radius 2 is 2.03 bits per heavy atom. The van der Waals surface area contributed by atoms with E-state index in [-0.39, 0.29) is 18.4 Å². The van der Waals surface area contributed by atoms with Crippen LogP contribution in [0.25, 0.3) is 11.0 Å². The number of nitrogen functional groups attached to an aromatic ring is 1. The van der Waals surface area contributed by atoms with Gasteiger partial charge in [0.25, 0.3) is 0 Å². The smallest absolute Gasteiger partial charge is 0.315 e. The summed E-state index contributed by atoms with van der Waals surface area (Å²) in [6, 6.07) is 7.20. The zero-order valence-corrected chi connectivity index (χ0v) is 18.0. The summed E-state index contributed by atoms with van der Waals surface area (Å²) in [7, 11) is 0. The average Bonchev–Trinajstić information content (AvgIpc) is 3.45. The van der Waals surface area contributed by atoms with Gasteiger partial charge in [-0.25, -0.2) is 14.8 Å². The van der Waals surface area contributed by atoms with Crippen LogP contribution >= 0.6 is 0 Å². The molecule has 2 heterocycles. The van der Waals surface area contributed by atoms with Crippen molar-refractivity contribution in [3.8, 4) is 11.8 Å². The second-order valence-corrected chi connectivity index (χ2v) is 7.77. The molecule has 4 rings (SSSR count). The molecule has 1 fully saturated rings. The van der Waals surface area contributed by atoms with Crippen molar-refractivity contribution in [3.05, 3.63) is 53.5 Å². The van der Waals surface area contributed by atoms with Gasteiger partial charge in [-0.15, -0.1) is 0 Å². The molecular weight excluding hydrogens is 404 g/mol. The average molecular weight is 431 g/mol. The lowest BCUT2D eigenvalue weighted by atomic mass is 10.0. The molecule has 0 aliphatic heterocycles. The molecule has 0 saturated heterocycles. The van der Waals surface area contributed by atoms with Gasteiger partial charge in [-0.3, -0.25) is 4.79 Å². The summed E-state index contributed by atoms with van der Waals surface area (Å²) >= 11 is 0. The summed E-state index contributed by atoms with van der Waals surface area (Å²) < 4.78 is 2.09. The van der Waals surface area contributed by atoms with E-state index in [9.17, 15) is 9.59 Å². The highest BCUT2D eigenvalue weighted by Crippen LogP contribution is 2.35. The van der Waals surface area contributed by atoms with E-state index in [4.69, 9.17) is 5.73 Å². The summed E-state index contributed by atoms with van der Waals surface area (Å²) in [5, 5.41) is 5.90.